The van der Waals surface area contributed by atoms with Crippen LogP contribution in [-0.2, 0) is 6.61 Å². The molecule has 1 aromatic heterocycles. The lowest BCUT2D eigenvalue weighted by Gasteiger charge is -2.11. The van der Waals surface area contributed by atoms with Gasteiger partial charge in [-0.2, -0.15) is 14.9 Å². The minimum Gasteiger partial charge on any atom is -0.493 e. The summed E-state index contributed by atoms with van der Waals surface area (Å²) in [4.78, 5) is 12.1. The Bertz CT molecular complexity index is 1120. The van der Waals surface area contributed by atoms with Gasteiger partial charge < -0.3 is 9.47 Å². The fourth-order valence-electron chi connectivity index (χ4n) is 2.33. The van der Waals surface area contributed by atoms with Crippen molar-refractivity contribution in [2.45, 2.75) is 13.5 Å². The standard InChI is InChI=1S/C19H17ClN4O3S/c1-12-18(25)24(19(28)23-22-12)21-10-14-5-8-16(26-2)17(9-14)27-11-13-3-6-15(20)7-4-13/h3-10H,11H2,1-2H3,(H,23,28)/b21-10+. The largest absolute Gasteiger partial charge is 0.493 e. The van der Waals surface area contributed by atoms with Gasteiger partial charge in [0.2, 0.25) is 4.77 Å². The number of halogens is 1. The van der Waals surface area contributed by atoms with E-state index >= 15 is 0 Å². The SMILES string of the molecule is COc1ccc(/C=N/n2c(=S)[nH]nc(C)c2=O)cc1OCc1ccc(Cl)cc1. The molecule has 3 aromatic rings. The zero-order chi connectivity index (χ0) is 20.1. The highest BCUT2D eigenvalue weighted by molar-refractivity contribution is 7.71. The van der Waals surface area contributed by atoms with E-state index in [-0.39, 0.29) is 16.0 Å². The lowest BCUT2D eigenvalue weighted by molar-refractivity contribution is 0.284. The Morgan fingerprint density at radius 1 is 1.25 bits per heavy atom. The van der Waals surface area contributed by atoms with Gasteiger partial charge >= 0.3 is 0 Å². The molecule has 0 saturated carbocycles. The first kappa shape index (κ1) is 19.8. The van der Waals surface area contributed by atoms with E-state index in [0.29, 0.717) is 28.7 Å². The highest BCUT2D eigenvalue weighted by atomic mass is 35.5. The number of rotatable bonds is 6. The molecule has 0 aliphatic heterocycles. The fourth-order valence-corrected chi connectivity index (χ4v) is 2.63. The molecule has 9 heteroatoms. The second-order valence-electron chi connectivity index (χ2n) is 5.80. The van der Waals surface area contributed by atoms with Crippen molar-refractivity contribution in [1.29, 1.82) is 0 Å². The highest BCUT2D eigenvalue weighted by Gasteiger charge is 2.07. The number of benzene rings is 2. The molecular formula is C19H17ClN4O3S. The first-order valence-electron chi connectivity index (χ1n) is 8.26. The summed E-state index contributed by atoms with van der Waals surface area (Å²) in [7, 11) is 1.57. The summed E-state index contributed by atoms with van der Waals surface area (Å²) in [5.74, 6) is 1.13. The maximum atomic E-state index is 12.1. The molecule has 0 fully saturated rings. The molecule has 3 rings (SSSR count). The first-order chi connectivity index (χ1) is 13.5. The van der Waals surface area contributed by atoms with E-state index in [1.807, 2.05) is 12.1 Å². The summed E-state index contributed by atoms with van der Waals surface area (Å²) in [6.45, 7) is 1.93. The van der Waals surface area contributed by atoms with Gasteiger partial charge in [0.15, 0.2) is 11.5 Å². The molecule has 0 bridgehead atoms. The molecule has 1 N–H and O–H groups in total. The number of nitrogens with one attached hydrogen (secondary N) is 1. The monoisotopic (exact) mass is 416 g/mol. The van der Waals surface area contributed by atoms with Gasteiger partial charge in [-0.25, -0.2) is 0 Å². The molecule has 0 saturated heterocycles. The van der Waals surface area contributed by atoms with Gasteiger partial charge in [-0.3, -0.25) is 9.89 Å². The summed E-state index contributed by atoms with van der Waals surface area (Å²) < 4.78 is 12.4. The van der Waals surface area contributed by atoms with Crippen molar-refractivity contribution in [1.82, 2.24) is 14.9 Å². The van der Waals surface area contributed by atoms with Crippen LogP contribution < -0.4 is 15.0 Å². The number of aromatic nitrogens is 3. The van der Waals surface area contributed by atoms with E-state index < -0.39 is 0 Å². The summed E-state index contributed by atoms with van der Waals surface area (Å²) in [6, 6.07) is 12.7. The van der Waals surface area contributed by atoms with Crippen molar-refractivity contribution in [3.8, 4) is 11.5 Å². The zero-order valence-corrected chi connectivity index (χ0v) is 16.8. The predicted molar refractivity (Wildman–Crippen MR) is 110 cm³/mol. The van der Waals surface area contributed by atoms with Crippen LogP contribution in [0, 0.1) is 11.7 Å². The number of ether oxygens (including phenoxy) is 2. The number of aryl methyl sites for hydroxylation is 1. The van der Waals surface area contributed by atoms with Gasteiger partial charge in [-0.15, -0.1) is 0 Å². The van der Waals surface area contributed by atoms with Crippen molar-refractivity contribution >= 4 is 30.0 Å². The predicted octanol–water partition coefficient (Wildman–Crippen LogP) is 3.73. The lowest BCUT2D eigenvalue weighted by atomic mass is 10.2. The molecule has 0 atom stereocenters. The Morgan fingerprint density at radius 2 is 2.00 bits per heavy atom. The Labute approximate surface area is 171 Å². The third-order valence-electron chi connectivity index (χ3n) is 3.83. The minimum atomic E-state index is -0.382. The molecule has 0 aliphatic carbocycles. The molecule has 0 radical (unpaired) electrons. The Balaban J connectivity index is 1.84. The summed E-state index contributed by atoms with van der Waals surface area (Å²) in [5, 5.41) is 11.2. The Morgan fingerprint density at radius 3 is 2.71 bits per heavy atom. The minimum absolute atomic E-state index is 0.111. The number of hydrogen-bond acceptors (Lipinski definition) is 6. The maximum Gasteiger partial charge on any atom is 0.296 e. The topological polar surface area (TPSA) is 81.5 Å². The van der Waals surface area contributed by atoms with Crippen molar-refractivity contribution in [2.24, 2.45) is 5.10 Å². The Hall–Kier alpha value is -2.97. The molecular weight excluding hydrogens is 400 g/mol. The zero-order valence-electron chi connectivity index (χ0n) is 15.2. The van der Waals surface area contributed by atoms with Crippen molar-refractivity contribution < 1.29 is 9.47 Å². The number of methoxy groups -OCH3 is 1. The third-order valence-corrected chi connectivity index (χ3v) is 4.35. The van der Waals surface area contributed by atoms with Crippen LogP contribution in [0.3, 0.4) is 0 Å². The molecule has 0 amide bonds. The maximum absolute atomic E-state index is 12.1. The molecule has 28 heavy (non-hydrogen) atoms. The summed E-state index contributed by atoms with van der Waals surface area (Å²) in [5.41, 5.74) is 1.57. The second-order valence-corrected chi connectivity index (χ2v) is 6.62. The van der Waals surface area contributed by atoms with Crippen LogP contribution in [0.4, 0.5) is 0 Å². The van der Waals surface area contributed by atoms with Crippen LogP contribution in [0.25, 0.3) is 0 Å². The van der Waals surface area contributed by atoms with Crippen LogP contribution in [-0.4, -0.2) is 28.2 Å². The number of nitrogens with zero attached hydrogens (tertiary/aromatic N) is 3. The van der Waals surface area contributed by atoms with Crippen molar-refractivity contribution in [2.75, 3.05) is 7.11 Å². The number of H-pyrrole nitrogens is 1. The highest BCUT2D eigenvalue weighted by Crippen LogP contribution is 2.28. The van der Waals surface area contributed by atoms with Gasteiger partial charge in [0.25, 0.3) is 5.56 Å². The van der Waals surface area contributed by atoms with Crippen LogP contribution in [0.1, 0.15) is 16.8 Å². The van der Waals surface area contributed by atoms with Crippen LogP contribution in [0.5, 0.6) is 11.5 Å². The molecule has 7 nitrogen and oxygen atoms in total. The van der Waals surface area contributed by atoms with Crippen molar-refractivity contribution in [3.05, 3.63) is 79.4 Å². The van der Waals surface area contributed by atoms with Gasteiger partial charge in [-0.1, -0.05) is 23.7 Å². The van der Waals surface area contributed by atoms with E-state index in [1.54, 1.807) is 44.4 Å². The Kier molecular flexibility index (Phi) is 6.23. The van der Waals surface area contributed by atoms with E-state index in [1.165, 1.54) is 6.21 Å². The van der Waals surface area contributed by atoms with Crippen molar-refractivity contribution in [3.63, 3.8) is 0 Å². The lowest BCUT2D eigenvalue weighted by Crippen LogP contribution is -2.22. The van der Waals surface area contributed by atoms with Gasteiger partial charge in [-0.05, 0) is 60.6 Å². The average molecular weight is 417 g/mol. The van der Waals surface area contributed by atoms with Crippen LogP contribution in [0.15, 0.2) is 52.4 Å². The summed E-state index contributed by atoms with van der Waals surface area (Å²) in [6.07, 6.45) is 1.51. The van der Waals surface area contributed by atoms with Gasteiger partial charge in [0.05, 0.1) is 13.3 Å². The number of aromatic amines is 1. The van der Waals surface area contributed by atoms with Crippen LogP contribution in [0.2, 0.25) is 5.02 Å². The quantitative estimate of drug-likeness (QED) is 0.489. The molecule has 1 heterocycles. The molecule has 144 valence electrons. The molecule has 0 unspecified atom stereocenters. The van der Waals surface area contributed by atoms with E-state index in [4.69, 9.17) is 33.3 Å². The van der Waals surface area contributed by atoms with E-state index in [2.05, 4.69) is 15.3 Å². The van der Waals surface area contributed by atoms with Gasteiger partial charge in [0, 0.05) is 5.02 Å². The van der Waals surface area contributed by atoms with E-state index in [0.717, 1.165) is 10.2 Å². The smallest absolute Gasteiger partial charge is 0.296 e. The summed E-state index contributed by atoms with van der Waals surface area (Å²) >= 11 is 11.0. The number of hydrogen-bond donors (Lipinski definition) is 1. The first-order valence-corrected chi connectivity index (χ1v) is 9.04. The third kappa shape index (κ3) is 4.65. The molecule has 2 aromatic carbocycles. The van der Waals surface area contributed by atoms with Gasteiger partial charge in [0.1, 0.15) is 12.3 Å². The molecule has 0 spiro atoms. The fraction of sp³-hybridized carbons (Fsp3) is 0.158. The second kappa shape index (κ2) is 8.81. The van der Waals surface area contributed by atoms with E-state index in [9.17, 15) is 4.79 Å². The van der Waals surface area contributed by atoms with Crippen LogP contribution >= 0.6 is 23.8 Å². The molecule has 0 aliphatic rings. The normalized spacial score (nSPS) is 11.0. The average Bonchev–Trinajstić information content (AvgIpc) is 2.70.